The van der Waals surface area contributed by atoms with Crippen LogP contribution in [0.5, 0.6) is 5.75 Å². The molecular formula is C22H32N4O4. The fourth-order valence-electron chi connectivity index (χ4n) is 4.09. The first-order valence-corrected chi connectivity index (χ1v) is 10.7. The third kappa shape index (κ3) is 5.95. The zero-order valence-electron chi connectivity index (χ0n) is 17.9. The molecule has 2 aliphatic heterocycles. The minimum atomic E-state index is -0.304. The fraction of sp³-hybridized carbons (Fsp3) is 0.591. The molecule has 0 unspecified atom stereocenters. The molecule has 2 saturated heterocycles. The van der Waals surface area contributed by atoms with Crippen LogP contribution in [0.25, 0.3) is 0 Å². The van der Waals surface area contributed by atoms with Gasteiger partial charge in [0.1, 0.15) is 5.75 Å². The molecule has 0 atom stereocenters. The number of nitrogens with zero attached hydrogens (tertiary/aromatic N) is 2. The molecule has 30 heavy (non-hydrogen) atoms. The lowest BCUT2D eigenvalue weighted by Crippen LogP contribution is -2.45. The Bertz CT molecular complexity index is 768. The number of hydrogen-bond donors (Lipinski definition) is 2. The summed E-state index contributed by atoms with van der Waals surface area (Å²) < 4.78 is 5.25. The number of aryl methyl sites for hydroxylation is 1. The Balaban J connectivity index is 1.37. The topological polar surface area (TPSA) is 91.0 Å². The first kappa shape index (κ1) is 22.1. The lowest BCUT2D eigenvalue weighted by molar-refractivity contribution is -0.136. The molecule has 8 heteroatoms. The number of methoxy groups -OCH3 is 1. The molecule has 164 valence electrons. The van der Waals surface area contributed by atoms with E-state index in [9.17, 15) is 14.4 Å². The van der Waals surface area contributed by atoms with Gasteiger partial charge in [0.2, 0.25) is 17.7 Å². The van der Waals surface area contributed by atoms with Gasteiger partial charge >= 0.3 is 0 Å². The van der Waals surface area contributed by atoms with E-state index in [1.807, 2.05) is 28.9 Å². The smallest absolute Gasteiger partial charge is 0.243 e. The molecule has 0 spiro atoms. The average molecular weight is 417 g/mol. The largest absolute Gasteiger partial charge is 0.495 e. The summed E-state index contributed by atoms with van der Waals surface area (Å²) in [5, 5.41) is 5.44. The molecule has 0 aliphatic carbocycles. The van der Waals surface area contributed by atoms with Crippen LogP contribution in [0.15, 0.2) is 18.2 Å². The normalized spacial score (nSPS) is 17.6. The first-order chi connectivity index (χ1) is 14.5. The number of piperidine rings is 1. The van der Waals surface area contributed by atoms with E-state index >= 15 is 0 Å². The number of likely N-dealkylation sites (tertiary alicyclic amines) is 2. The van der Waals surface area contributed by atoms with Crippen LogP contribution in [-0.2, 0) is 14.4 Å². The van der Waals surface area contributed by atoms with Gasteiger partial charge in [-0.2, -0.15) is 0 Å². The lowest BCUT2D eigenvalue weighted by atomic mass is 9.95. The second-order valence-electron chi connectivity index (χ2n) is 8.11. The summed E-state index contributed by atoms with van der Waals surface area (Å²) in [6.07, 6.45) is 3.79. The Labute approximate surface area is 177 Å². The minimum absolute atomic E-state index is 0.0810. The van der Waals surface area contributed by atoms with E-state index in [4.69, 9.17) is 4.74 Å². The summed E-state index contributed by atoms with van der Waals surface area (Å²) in [5.74, 6) is 0.441. The quantitative estimate of drug-likeness (QED) is 0.701. The van der Waals surface area contributed by atoms with Crippen LogP contribution in [0, 0.1) is 12.8 Å². The predicted octanol–water partition coefficient (Wildman–Crippen LogP) is 1.39. The molecule has 0 bridgehead atoms. The molecule has 2 N–H and O–H groups in total. The van der Waals surface area contributed by atoms with Crippen LogP contribution < -0.4 is 15.4 Å². The maximum absolute atomic E-state index is 12.5. The Morgan fingerprint density at radius 1 is 1.07 bits per heavy atom. The average Bonchev–Trinajstić information content (AvgIpc) is 3.27. The second kappa shape index (κ2) is 10.4. The molecule has 0 radical (unpaired) electrons. The van der Waals surface area contributed by atoms with Crippen LogP contribution in [0.1, 0.15) is 31.2 Å². The number of carbonyl (C=O) groups excluding carboxylic acids is 3. The van der Waals surface area contributed by atoms with Crippen molar-refractivity contribution >= 4 is 23.4 Å². The Morgan fingerprint density at radius 3 is 2.43 bits per heavy atom. The third-order valence-corrected chi connectivity index (χ3v) is 5.80. The summed E-state index contributed by atoms with van der Waals surface area (Å²) in [6.45, 7) is 5.30. The van der Waals surface area contributed by atoms with E-state index in [0.29, 0.717) is 11.4 Å². The number of ether oxygens (including phenoxy) is 1. The molecule has 2 heterocycles. The highest BCUT2D eigenvalue weighted by Gasteiger charge is 2.30. The van der Waals surface area contributed by atoms with Crippen LogP contribution in [0.4, 0.5) is 5.69 Å². The minimum Gasteiger partial charge on any atom is -0.495 e. The van der Waals surface area contributed by atoms with Gasteiger partial charge in [-0.1, -0.05) is 6.07 Å². The number of carbonyl (C=O) groups is 3. The molecule has 2 aliphatic rings. The van der Waals surface area contributed by atoms with E-state index in [0.717, 1.165) is 57.4 Å². The van der Waals surface area contributed by atoms with E-state index in [1.165, 1.54) is 0 Å². The van der Waals surface area contributed by atoms with Crippen molar-refractivity contribution < 1.29 is 19.1 Å². The van der Waals surface area contributed by atoms with Crippen molar-refractivity contribution in [3.63, 3.8) is 0 Å². The summed E-state index contributed by atoms with van der Waals surface area (Å²) >= 11 is 0. The highest BCUT2D eigenvalue weighted by molar-refractivity contribution is 5.96. The zero-order chi connectivity index (χ0) is 21.5. The van der Waals surface area contributed by atoms with Gasteiger partial charge in [-0.3, -0.25) is 19.3 Å². The van der Waals surface area contributed by atoms with Crippen LogP contribution >= 0.6 is 0 Å². The van der Waals surface area contributed by atoms with Gasteiger partial charge < -0.3 is 20.3 Å². The summed E-state index contributed by atoms with van der Waals surface area (Å²) in [7, 11) is 1.55. The number of amides is 3. The number of benzene rings is 1. The first-order valence-electron chi connectivity index (χ1n) is 10.7. The molecule has 8 nitrogen and oxygen atoms in total. The zero-order valence-corrected chi connectivity index (χ0v) is 17.9. The standard InChI is InChI=1S/C22H32N4O4/c1-16-5-6-19(30-2)18(13-16)24-20(27)14-23-21(28)15-25-11-7-17(8-12-25)22(29)26-9-3-4-10-26/h5-6,13,17H,3-4,7-12,14-15H2,1-2H3,(H,23,28)(H,24,27). The molecule has 1 aromatic carbocycles. The van der Waals surface area contributed by atoms with Crippen molar-refractivity contribution in [2.24, 2.45) is 5.92 Å². The van der Waals surface area contributed by atoms with Crippen molar-refractivity contribution in [2.75, 3.05) is 51.7 Å². The maximum atomic E-state index is 12.5. The Kier molecular flexibility index (Phi) is 7.68. The van der Waals surface area contributed by atoms with E-state index in [-0.39, 0.29) is 36.7 Å². The van der Waals surface area contributed by atoms with Gasteiger partial charge in [0.25, 0.3) is 0 Å². The molecule has 1 aromatic rings. The van der Waals surface area contributed by atoms with Crippen molar-refractivity contribution in [1.29, 1.82) is 0 Å². The van der Waals surface area contributed by atoms with E-state index in [1.54, 1.807) is 13.2 Å². The number of rotatable bonds is 7. The van der Waals surface area contributed by atoms with Crippen molar-refractivity contribution in [1.82, 2.24) is 15.1 Å². The Morgan fingerprint density at radius 2 is 1.77 bits per heavy atom. The van der Waals surface area contributed by atoms with E-state index in [2.05, 4.69) is 10.6 Å². The van der Waals surface area contributed by atoms with E-state index < -0.39 is 0 Å². The third-order valence-electron chi connectivity index (χ3n) is 5.80. The monoisotopic (exact) mass is 416 g/mol. The molecule has 0 saturated carbocycles. The Hall–Kier alpha value is -2.61. The number of hydrogen-bond acceptors (Lipinski definition) is 5. The van der Waals surface area contributed by atoms with Gasteiger partial charge in [-0.25, -0.2) is 0 Å². The van der Waals surface area contributed by atoms with Crippen molar-refractivity contribution in [2.45, 2.75) is 32.6 Å². The van der Waals surface area contributed by atoms with Crippen molar-refractivity contribution in [3.05, 3.63) is 23.8 Å². The predicted molar refractivity (Wildman–Crippen MR) is 114 cm³/mol. The summed E-state index contributed by atoms with van der Waals surface area (Å²) in [6, 6.07) is 5.52. The fourth-order valence-corrected chi connectivity index (χ4v) is 4.09. The summed E-state index contributed by atoms with van der Waals surface area (Å²) in [4.78, 5) is 41.0. The van der Waals surface area contributed by atoms with Crippen LogP contribution in [0.3, 0.4) is 0 Å². The van der Waals surface area contributed by atoms with Gasteiger partial charge in [-0.05, 0) is 63.4 Å². The highest BCUT2D eigenvalue weighted by atomic mass is 16.5. The second-order valence-corrected chi connectivity index (χ2v) is 8.11. The SMILES string of the molecule is COc1ccc(C)cc1NC(=O)CNC(=O)CN1CCC(C(=O)N2CCCC2)CC1. The molecule has 3 rings (SSSR count). The van der Waals surface area contributed by atoms with Gasteiger partial charge in [0.15, 0.2) is 0 Å². The summed E-state index contributed by atoms with van der Waals surface area (Å²) in [5.41, 5.74) is 1.59. The van der Waals surface area contributed by atoms with Gasteiger partial charge in [-0.15, -0.1) is 0 Å². The van der Waals surface area contributed by atoms with Crippen molar-refractivity contribution in [3.8, 4) is 5.75 Å². The molecular weight excluding hydrogens is 384 g/mol. The maximum Gasteiger partial charge on any atom is 0.243 e. The van der Waals surface area contributed by atoms with Gasteiger partial charge in [0.05, 0.1) is 25.9 Å². The highest BCUT2D eigenvalue weighted by Crippen LogP contribution is 2.25. The number of nitrogens with one attached hydrogen (secondary N) is 2. The molecule has 3 amide bonds. The molecule has 2 fully saturated rings. The molecule has 0 aromatic heterocycles. The number of anilines is 1. The lowest BCUT2D eigenvalue weighted by Gasteiger charge is -2.32. The van der Waals surface area contributed by atoms with Crippen LogP contribution in [0.2, 0.25) is 0 Å². The van der Waals surface area contributed by atoms with Gasteiger partial charge in [0, 0.05) is 19.0 Å². The van der Waals surface area contributed by atoms with Crippen LogP contribution in [-0.4, -0.2) is 73.9 Å².